The Bertz CT molecular complexity index is 842. The van der Waals surface area contributed by atoms with Crippen LogP contribution in [-0.4, -0.2) is 40.1 Å². The number of nitrogens with two attached hydrogens (primary N) is 1. The zero-order valence-corrected chi connectivity index (χ0v) is 17.2. The molecular formula is C20H22ClNO6S. The zero-order valence-electron chi connectivity index (χ0n) is 15.7. The molecule has 7 nitrogen and oxygen atoms in total. The molecule has 1 unspecified atom stereocenters. The number of aliphatic hydroxyl groups is 1. The molecule has 0 aliphatic heterocycles. The maximum atomic E-state index is 9.29. The normalized spacial score (nSPS) is 11.9. The van der Waals surface area contributed by atoms with Crippen LogP contribution >= 0.6 is 22.9 Å². The number of benzene rings is 1. The van der Waals surface area contributed by atoms with Crippen LogP contribution in [0, 0.1) is 17.8 Å². The Kier molecular flexibility index (Phi) is 10.8. The number of ether oxygens (including phenoxy) is 1. The SMILES string of the molecule is C[C@H](CCc1ccc(C#CCOc2ccc(Cl)cc2)s1)C(N)O.O=C(O)C(=O)O. The number of rotatable bonds is 6. The maximum Gasteiger partial charge on any atom is 0.414 e. The van der Waals surface area contributed by atoms with E-state index in [0.717, 1.165) is 23.5 Å². The summed E-state index contributed by atoms with van der Waals surface area (Å²) in [7, 11) is 0. The summed E-state index contributed by atoms with van der Waals surface area (Å²) < 4.78 is 5.53. The fourth-order valence-corrected chi connectivity index (χ4v) is 2.92. The van der Waals surface area contributed by atoms with E-state index in [1.54, 1.807) is 23.5 Å². The molecular weight excluding hydrogens is 418 g/mol. The number of halogens is 1. The average molecular weight is 440 g/mol. The Morgan fingerprint density at radius 1 is 1.17 bits per heavy atom. The van der Waals surface area contributed by atoms with E-state index >= 15 is 0 Å². The summed E-state index contributed by atoms with van der Waals surface area (Å²) in [5.74, 6) is 3.31. The van der Waals surface area contributed by atoms with Crippen molar-refractivity contribution >= 4 is 34.9 Å². The summed E-state index contributed by atoms with van der Waals surface area (Å²) in [6.07, 6.45) is 1.02. The number of carboxylic acids is 2. The molecule has 0 saturated carbocycles. The fraction of sp³-hybridized carbons (Fsp3) is 0.300. The first-order chi connectivity index (χ1) is 13.7. The van der Waals surface area contributed by atoms with Crippen LogP contribution in [0.4, 0.5) is 0 Å². The van der Waals surface area contributed by atoms with Crippen molar-refractivity contribution in [2.24, 2.45) is 11.7 Å². The molecule has 2 aromatic rings. The first-order valence-electron chi connectivity index (χ1n) is 8.55. The van der Waals surface area contributed by atoms with E-state index in [9.17, 15) is 5.11 Å². The summed E-state index contributed by atoms with van der Waals surface area (Å²) >= 11 is 7.48. The van der Waals surface area contributed by atoms with Crippen LogP contribution in [0.5, 0.6) is 5.75 Å². The third kappa shape index (κ3) is 10.5. The quantitative estimate of drug-likeness (QED) is 0.309. The number of thiophene rings is 1. The van der Waals surface area contributed by atoms with Gasteiger partial charge in [0.15, 0.2) is 0 Å². The highest BCUT2D eigenvalue weighted by Crippen LogP contribution is 2.19. The van der Waals surface area contributed by atoms with Crippen LogP contribution in [-0.2, 0) is 16.0 Å². The van der Waals surface area contributed by atoms with Crippen LogP contribution in [0.25, 0.3) is 0 Å². The molecule has 29 heavy (non-hydrogen) atoms. The topological polar surface area (TPSA) is 130 Å². The Balaban J connectivity index is 0.000000612. The predicted molar refractivity (Wildman–Crippen MR) is 111 cm³/mol. The Morgan fingerprint density at radius 2 is 1.79 bits per heavy atom. The van der Waals surface area contributed by atoms with Crippen molar-refractivity contribution in [1.82, 2.24) is 0 Å². The third-order valence-corrected chi connectivity index (χ3v) is 4.92. The molecule has 0 aliphatic rings. The predicted octanol–water partition coefficient (Wildman–Crippen LogP) is 2.83. The van der Waals surface area contributed by atoms with Crippen molar-refractivity contribution in [3.05, 3.63) is 51.2 Å². The van der Waals surface area contributed by atoms with Crippen molar-refractivity contribution in [1.29, 1.82) is 0 Å². The lowest BCUT2D eigenvalue weighted by molar-refractivity contribution is -0.159. The smallest absolute Gasteiger partial charge is 0.414 e. The van der Waals surface area contributed by atoms with E-state index in [1.807, 2.05) is 25.1 Å². The number of hydrogen-bond acceptors (Lipinski definition) is 6. The average Bonchev–Trinajstić information content (AvgIpc) is 3.13. The highest BCUT2D eigenvalue weighted by Gasteiger charge is 2.09. The highest BCUT2D eigenvalue weighted by atomic mass is 35.5. The Hall–Kier alpha value is -2.57. The zero-order chi connectivity index (χ0) is 21.8. The van der Waals surface area contributed by atoms with Gasteiger partial charge >= 0.3 is 11.9 Å². The summed E-state index contributed by atoms with van der Waals surface area (Å²) in [5, 5.41) is 24.8. The van der Waals surface area contributed by atoms with Gasteiger partial charge in [0.25, 0.3) is 0 Å². The monoisotopic (exact) mass is 439 g/mol. The number of aliphatic carboxylic acids is 2. The second kappa shape index (κ2) is 12.8. The summed E-state index contributed by atoms with van der Waals surface area (Å²) in [6, 6.07) is 11.3. The van der Waals surface area contributed by atoms with Crippen LogP contribution in [0.3, 0.4) is 0 Å². The lowest BCUT2D eigenvalue weighted by Crippen LogP contribution is -2.27. The minimum absolute atomic E-state index is 0.0967. The molecule has 0 fully saturated rings. The van der Waals surface area contributed by atoms with Gasteiger partial charge in [-0.3, -0.25) is 0 Å². The van der Waals surface area contributed by atoms with Gasteiger partial charge < -0.3 is 25.8 Å². The number of hydrogen-bond donors (Lipinski definition) is 4. The standard InChI is InChI=1S/C18H20ClNO2S.C2H2O4/c1-13(18(20)21)4-9-17-11-10-16(23-17)3-2-12-22-15-7-5-14(19)6-8-15;3-1(4)2(5)6/h5-8,10-11,13,18,21H,4,9,12,20H2,1H3;(H,3,4)(H,5,6)/t13-,18?;/m1./s1. The first kappa shape index (κ1) is 24.5. The van der Waals surface area contributed by atoms with Gasteiger partial charge in [0.1, 0.15) is 18.6 Å². The molecule has 0 saturated heterocycles. The molecule has 0 spiro atoms. The summed E-state index contributed by atoms with van der Waals surface area (Å²) in [5.41, 5.74) is 5.46. The van der Waals surface area contributed by atoms with Gasteiger partial charge in [-0.05, 0) is 55.2 Å². The van der Waals surface area contributed by atoms with Gasteiger partial charge in [0, 0.05) is 9.90 Å². The molecule has 1 heterocycles. The van der Waals surface area contributed by atoms with E-state index in [-0.39, 0.29) is 5.92 Å². The first-order valence-corrected chi connectivity index (χ1v) is 9.74. The van der Waals surface area contributed by atoms with E-state index in [0.29, 0.717) is 11.6 Å². The van der Waals surface area contributed by atoms with Crippen LogP contribution < -0.4 is 10.5 Å². The minimum Gasteiger partial charge on any atom is -0.481 e. The molecule has 5 N–H and O–H groups in total. The van der Waals surface area contributed by atoms with Crippen LogP contribution in [0.15, 0.2) is 36.4 Å². The molecule has 1 aromatic carbocycles. The molecule has 2 atom stereocenters. The van der Waals surface area contributed by atoms with Gasteiger partial charge in [-0.25, -0.2) is 9.59 Å². The number of aliphatic hydroxyl groups excluding tert-OH is 1. The third-order valence-electron chi connectivity index (χ3n) is 3.61. The minimum atomic E-state index is -1.82. The van der Waals surface area contributed by atoms with Crippen molar-refractivity contribution in [3.8, 4) is 17.6 Å². The number of aryl methyl sites for hydroxylation is 1. The summed E-state index contributed by atoms with van der Waals surface area (Å²) in [6.45, 7) is 2.29. The van der Waals surface area contributed by atoms with Crippen molar-refractivity contribution in [2.75, 3.05) is 6.61 Å². The van der Waals surface area contributed by atoms with Gasteiger partial charge in [-0.1, -0.05) is 30.4 Å². The Labute approximate surface area is 177 Å². The van der Waals surface area contributed by atoms with Gasteiger partial charge in [0.05, 0.1) is 4.88 Å². The van der Waals surface area contributed by atoms with E-state index in [4.69, 9.17) is 41.9 Å². The molecule has 0 bridgehead atoms. The van der Waals surface area contributed by atoms with Crippen LogP contribution in [0.2, 0.25) is 5.02 Å². The second-order valence-corrected chi connectivity index (χ2v) is 7.53. The molecule has 0 radical (unpaired) electrons. The fourth-order valence-electron chi connectivity index (χ4n) is 1.89. The van der Waals surface area contributed by atoms with Crippen molar-refractivity contribution in [2.45, 2.75) is 26.0 Å². The maximum absolute atomic E-state index is 9.29. The molecule has 156 valence electrons. The van der Waals surface area contributed by atoms with E-state index in [2.05, 4.69) is 17.9 Å². The van der Waals surface area contributed by atoms with Gasteiger partial charge in [-0.15, -0.1) is 11.3 Å². The van der Waals surface area contributed by atoms with Crippen LogP contribution in [0.1, 0.15) is 23.1 Å². The van der Waals surface area contributed by atoms with Crippen molar-refractivity contribution < 1.29 is 29.6 Å². The van der Waals surface area contributed by atoms with Gasteiger partial charge in [0.2, 0.25) is 0 Å². The van der Waals surface area contributed by atoms with Gasteiger partial charge in [-0.2, -0.15) is 0 Å². The highest BCUT2D eigenvalue weighted by molar-refractivity contribution is 7.12. The van der Waals surface area contributed by atoms with E-state index < -0.39 is 18.2 Å². The lowest BCUT2D eigenvalue weighted by atomic mass is 10.0. The largest absolute Gasteiger partial charge is 0.481 e. The molecule has 0 amide bonds. The molecule has 1 aromatic heterocycles. The molecule has 0 aliphatic carbocycles. The summed E-state index contributed by atoms with van der Waals surface area (Å²) in [4.78, 5) is 20.5. The molecule has 2 rings (SSSR count). The molecule has 9 heteroatoms. The van der Waals surface area contributed by atoms with Crippen molar-refractivity contribution in [3.63, 3.8) is 0 Å². The number of carbonyl (C=O) groups is 2. The lowest BCUT2D eigenvalue weighted by Gasteiger charge is -2.12. The second-order valence-electron chi connectivity index (χ2n) is 5.93. The number of carboxylic acid groups (broad SMARTS) is 2. The Morgan fingerprint density at radius 3 is 2.34 bits per heavy atom. The van der Waals surface area contributed by atoms with E-state index in [1.165, 1.54) is 4.88 Å².